The molecule has 1 N–H and O–H groups in total. The molecule has 1 aromatic heterocycles. The molecule has 2 atom stereocenters. The molecule has 0 saturated carbocycles. The molecule has 0 saturated heterocycles. The molecule has 2 heteroatoms. The van der Waals surface area contributed by atoms with Gasteiger partial charge in [0.1, 0.15) is 0 Å². The first-order valence-electron chi connectivity index (χ1n) is 5.69. The lowest BCUT2D eigenvalue weighted by molar-refractivity contribution is 0.134. The summed E-state index contributed by atoms with van der Waals surface area (Å²) in [6.45, 7) is 3.87. The molecule has 0 radical (unpaired) electrons. The fraction of sp³-hybridized carbons (Fsp3) is 0.357. The number of aromatic nitrogens is 1. The average molecular weight is 215 g/mol. The second-order valence-corrected chi connectivity index (χ2v) is 4.42. The van der Waals surface area contributed by atoms with Crippen LogP contribution < -0.4 is 0 Å². The van der Waals surface area contributed by atoms with E-state index in [-0.39, 0.29) is 12.0 Å². The highest BCUT2D eigenvalue weighted by Crippen LogP contribution is 2.15. The van der Waals surface area contributed by atoms with Crippen LogP contribution in [0.3, 0.4) is 0 Å². The van der Waals surface area contributed by atoms with Gasteiger partial charge in [-0.1, -0.05) is 31.2 Å². The van der Waals surface area contributed by atoms with Gasteiger partial charge in [0.25, 0.3) is 0 Å². The monoisotopic (exact) mass is 215 g/mol. The highest BCUT2D eigenvalue weighted by molar-refractivity contribution is 5.78. The second kappa shape index (κ2) is 4.62. The third-order valence-electron chi connectivity index (χ3n) is 3.01. The molecule has 0 aliphatic rings. The molecule has 84 valence electrons. The van der Waals surface area contributed by atoms with Crippen LogP contribution in [-0.2, 0) is 6.42 Å². The Morgan fingerprint density at radius 3 is 2.62 bits per heavy atom. The molecular formula is C14H17NO. The Morgan fingerprint density at radius 2 is 1.88 bits per heavy atom. The fourth-order valence-electron chi connectivity index (χ4n) is 1.72. The smallest absolute Gasteiger partial charge is 0.0705 e. The maximum atomic E-state index is 9.47. The Balaban J connectivity index is 2.26. The third-order valence-corrected chi connectivity index (χ3v) is 3.01. The topological polar surface area (TPSA) is 33.1 Å². The molecule has 1 aromatic carbocycles. The van der Waals surface area contributed by atoms with Crippen LogP contribution in [0.2, 0.25) is 0 Å². The van der Waals surface area contributed by atoms with E-state index in [9.17, 15) is 5.11 Å². The lowest BCUT2D eigenvalue weighted by Crippen LogP contribution is -2.16. The standard InChI is InChI=1S/C14H17NO/c1-10(11(2)16)9-13-8-7-12-5-3-4-6-14(12)15-13/h3-8,10-11,16H,9H2,1-2H3. The Kier molecular flexibility index (Phi) is 3.20. The number of para-hydroxylation sites is 1. The SMILES string of the molecule is CC(O)C(C)Cc1ccc2ccccc2n1. The molecule has 16 heavy (non-hydrogen) atoms. The van der Waals surface area contributed by atoms with Crippen LogP contribution in [0.4, 0.5) is 0 Å². The molecule has 1 heterocycles. The van der Waals surface area contributed by atoms with Crippen molar-refractivity contribution >= 4 is 10.9 Å². The van der Waals surface area contributed by atoms with Gasteiger partial charge in [-0.3, -0.25) is 4.98 Å². The number of hydrogen-bond acceptors (Lipinski definition) is 2. The number of nitrogens with zero attached hydrogens (tertiary/aromatic N) is 1. The van der Waals surface area contributed by atoms with Gasteiger partial charge in [0.05, 0.1) is 11.6 Å². The van der Waals surface area contributed by atoms with E-state index in [2.05, 4.69) is 17.1 Å². The normalized spacial score (nSPS) is 14.9. The van der Waals surface area contributed by atoms with E-state index in [4.69, 9.17) is 0 Å². The minimum atomic E-state index is -0.284. The number of benzene rings is 1. The first kappa shape index (κ1) is 11.1. The largest absolute Gasteiger partial charge is 0.393 e. The summed E-state index contributed by atoms with van der Waals surface area (Å²) in [6.07, 6.45) is 0.538. The lowest BCUT2D eigenvalue weighted by atomic mass is 9.99. The summed E-state index contributed by atoms with van der Waals surface area (Å²) >= 11 is 0. The minimum Gasteiger partial charge on any atom is -0.393 e. The minimum absolute atomic E-state index is 0.244. The number of pyridine rings is 1. The molecule has 2 rings (SSSR count). The van der Waals surface area contributed by atoms with Crippen LogP contribution in [0.15, 0.2) is 36.4 Å². The number of aliphatic hydroxyl groups is 1. The number of rotatable bonds is 3. The Bertz CT molecular complexity index is 479. The predicted octanol–water partition coefficient (Wildman–Crippen LogP) is 2.79. The summed E-state index contributed by atoms with van der Waals surface area (Å²) < 4.78 is 0. The number of aliphatic hydroxyl groups excluding tert-OH is 1. The summed E-state index contributed by atoms with van der Waals surface area (Å²) in [5.74, 6) is 0.244. The van der Waals surface area contributed by atoms with E-state index in [1.807, 2.05) is 38.1 Å². The van der Waals surface area contributed by atoms with E-state index in [0.717, 1.165) is 23.0 Å². The summed E-state index contributed by atoms with van der Waals surface area (Å²) in [5, 5.41) is 10.6. The van der Waals surface area contributed by atoms with Crippen molar-refractivity contribution in [2.75, 3.05) is 0 Å². The Hall–Kier alpha value is -1.41. The van der Waals surface area contributed by atoms with Crippen LogP contribution in [0.1, 0.15) is 19.5 Å². The molecular weight excluding hydrogens is 198 g/mol. The molecule has 2 aromatic rings. The van der Waals surface area contributed by atoms with Gasteiger partial charge in [0.2, 0.25) is 0 Å². The van der Waals surface area contributed by atoms with Gasteiger partial charge in [0.15, 0.2) is 0 Å². The van der Waals surface area contributed by atoms with Crippen LogP contribution >= 0.6 is 0 Å². The van der Waals surface area contributed by atoms with Crippen molar-refractivity contribution in [2.45, 2.75) is 26.4 Å². The molecule has 0 fully saturated rings. The van der Waals surface area contributed by atoms with Crippen molar-refractivity contribution in [3.8, 4) is 0 Å². The van der Waals surface area contributed by atoms with Gasteiger partial charge in [-0.2, -0.15) is 0 Å². The van der Waals surface area contributed by atoms with Crippen molar-refractivity contribution in [2.24, 2.45) is 5.92 Å². The molecule has 0 aliphatic heterocycles. The summed E-state index contributed by atoms with van der Waals surface area (Å²) in [5.41, 5.74) is 2.07. The zero-order valence-corrected chi connectivity index (χ0v) is 9.72. The third kappa shape index (κ3) is 2.39. The van der Waals surface area contributed by atoms with E-state index in [1.54, 1.807) is 0 Å². The molecule has 0 bridgehead atoms. The van der Waals surface area contributed by atoms with Crippen LogP contribution in [0.5, 0.6) is 0 Å². The van der Waals surface area contributed by atoms with Gasteiger partial charge in [0, 0.05) is 11.1 Å². The van der Waals surface area contributed by atoms with E-state index >= 15 is 0 Å². The first-order chi connectivity index (χ1) is 7.66. The summed E-state index contributed by atoms with van der Waals surface area (Å²) in [4.78, 5) is 4.59. The van der Waals surface area contributed by atoms with Crippen LogP contribution in [-0.4, -0.2) is 16.2 Å². The lowest BCUT2D eigenvalue weighted by Gasteiger charge is -2.13. The van der Waals surface area contributed by atoms with Crippen molar-refractivity contribution < 1.29 is 5.11 Å². The van der Waals surface area contributed by atoms with Crippen molar-refractivity contribution in [1.82, 2.24) is 4.98 Å². The fourth-order valence-corrected chi connectivity index (χ4v) is 1.72. The molecule has 0 amide bonds. The second-order valence-electron chi connectivity index (χ2n) is 4.42. The molecule has 0 aliphatic carbocycles. The van der Waals surface area contributed by atoms with Gasteiger partial charge in [-0.15, -0.1) is 0 Å². The zero-order chi connectivity index (χ0) is 11.5. The molecule has 0 spiro atoms. The van der Waals surface area contributed by atoms with E-state index in [0.29, 0.717) is 0 Å². The van der Waals surface area contributed by atoms with Gasteiger partial charge < -0.3 is 5.11 Å². The summed E-state index contributed by atoms with van der Waals surface area (Å²) in [7, 11) is 0. The highest BCUT2D eigenvalue weighted by atomic mass is 16.3. The van der Waals surface area contributed by atoms with Crippen molar-refractivity contribution in [3.05, 3.63) is 42.1 Å². The first-order valence-corrected chi connectivity index (χ1v) is 5.69. The van der Waals surface area contributed by atoms with Crippen LogP contribution in [0.25, 0.3) is 10.9 Å². The highest BCUT2D eigenvalue weighted by Gasteiger charge is 2.10. The maximum Gasteiger partial charge on any atom is 0.0705 e. The average Bonchev–Trinajstić information content (AvgIpc) is 2.28. The number of hydrogen-bond donors (Lipinski definition) is 1. The van der Waals surface area contributed by atoms with Gasteiger partial charge in [-0.05, 0) is 31.4 Å². The molecule has 2 nitrogen and oxygen atoms in total. The Labute approximate surface area is 96.0 Å². The van der Waals surface area contributed by atoms with E-state index < -0.39 is 0 Å². The van der Waals surface area contributed by atoms with Gasteiger partial charge >= 0.3 is 0 Å². The maximum absolute atomic E-state index is 9.47. The van der Waals surface area contributed by atoms with Crippen molar-refractivity contribution in [3.63, 3.8) is 0 Å². The number of fused-ring (bicyclic) bond motifs is 1. The Morgan fingerprint density at radius 1 is 1.12 bits per heavy atom. The molecule has 2 unspecified atom stereocenters. The van der Waals surface area contributed by atoms with E-state index in [1.165, 1.54) is 0 Å². The quantitative estimate of drug-likeness (QED) is 0.854. The van der Waals surface area contributed by atoms with Crippen molar-refractivity contribution in [1.29, 1.82) is 0 Å². The summed E-state index contributed by atoms with van der Waals surface area (Å²) in [6, 6.07) is 12.2. The van der Waals surface area contributed by atoms with Gasteiger partial charge in [-0.25, -0.2) is 0 Å². The predicted molar refractivity (Wildman–Crippen MR) is 66.3 cm³/mol. The zero-order valence-electron chi connectivity index (χ0n) is 9.72. The van der Waals surface area contributed by atoms with Crippen LogP contribution in [0, 0.1) is 5.92 Å².